The van der Waals surface area contributed by atoms with E-state index in [1.54, 1.807) is 12.1 Å². The lowest BCUT2D eigenvalue weighted by Gasteiger charge is -2.07. The molecule has 0 saturated carbocycles. The summed E-state index contributed by atoms with van der Waals surface area (Å²) < 4.78 is 2.62. The summed E-state index contributed by atoms with van der Waals surface area (Å²) in [6.45, 7) is 4.73. The van der Waals surface area contributed by atoms with Crippen molar-refractivity contribution in [3.05, 3.63) is 46.2 Å². The Kier molecular flexibility index (Phi) is 4.44. The summed E-state index contributed by atoms with van der Waals surface area (Å²) in [6.07, 6.45) is 3.79. The van der Waals surface area contributed by atoms with Crippen molar-refractivity contribution in [1.29, 1.82) is 0 Å². The second-order valence-electron chi connectivity index (χ2n) is 4.81. The molecule has 0 aliphatic heterocycles. The van der Waals surface area contributed by atoms with Crippen LogP contribution in [0.1, 0.15) is 35.8 Å². The SMILES string of the molecule is CC(C)n1cc(CNc2cc(Br)cc(C(=O)O)c2)cn1. The van der Waals surface area contributed by atoms with E-state index in [1.807, 2.05) is 23.1 Å². The van der Waals surface area contributed by atoms with Crippen molar-refractivity contribution in [2.75, 3.05) is 5.32 Å². The number of hydrogen-bond donors (Lipinski definition) is 2. The molecule has 0 fully saturated rings. The third-order valence-corrected chi connectivity index (χ3v) is 3.28. The Labute approximate surface area is 125 Å². The topological polar surface area (TPSA) is 67.2 Å². The van der Waals surface area contributed by atoms with E-state index in [1.165, 1.54) is 0 Å². The van der Waals surface area contributed by atoms with Crippen molar-refractivity contribution in [2.45, 2.75) is 26.4 Å². The quantitative estimate of drug-likeness (QED) is 0.875. The minimum Gasteiger partial charge on any atom is -0.478 e. The predicted molar refractivity (Wildman–Crippen MR) is 81.0 cm³/mol. The molecule has 106 valence electrons. The number of rotatable bonds is 5. The van der Waals surface area contributed by atoms with Crippen LogP contribution < -0.4 is 5.32 Å². The largest absolute Gasteiger partial charge is 0.478 e. The average molecular weight is 338 g/mol. The van der Waals surface area contributed by atoms with Crippen LogP contribution in [-0.2, 0) is 6.54 Å². The van der Waals surface area contributed by atoms with Crippen LogP contribution in [0.2, 0.25) is 0 Å². The Morgan fingerprint density at radius 3 is 2.80 bits per heavy atom. The van der Waals surface area contributed by atoms with E-state index in [9.17, 15) is 4.79 Å². The molecule has 1 aromatic heterocycles. The van der Waals surface area contributed by atoms with Gasteiger partial charge in [-0.3, -0.25) is 4.68 Å². The van der Waals surface area contributed by atoms with E-state index in [0.717, 1.165) is 15.7 Å². The molecule has 0 amide bonds. The second-order valence-corrected chi connectivity index (χ2v) is 5.73. The number of carboxylic acids is 1. The maximum atomic E-state index is 11.0. The smallest absolute Gasteiger partial charge is 0.335 e. The Morgan fingerprint density at radius 2 is 2.20 bits per heavy atom. The van der Waals surface area contributed by atoms with Gasteiger partial charge in [0, 0.05) is 34.5 Å². The van der Waals surface area contributed by atoms with E-state index in [2.05, 4.69) is 40.2 Å². The summed E-state index contributed by atoms with van der Waals surface area (Å²) in [5.74, 6) is -0.943. The first kappa shape index (κ1) is 14.6. The number of anilines is 1. The lowest BCUT2D eigenvalue weighted by Crippen LogP contribution is -2.02. The minimum atomic E-state index is -0.943. The standard InChI is InChI=1S/C14H16BrN3O2/c1-9(2)18-8-10(7-17-18)6-16-13-4-11(14(19)20)3-12(15)5-13/h3-5,7-9,16H,6H2,1-2H3,(H,19,20). The summed E-state index contributed by atoms with van der Waals surface area (Å²) in [7, 11) is 0. The summed E-state index contributed by atoms with van der Waals surface area (Å²) in [4.78, 5) is 11.0. The fourth-order valence-corrected chi connectivity index (χ4v) is 2.26. The zero-order chi connectivity index (χ0) is 14.7. The molecule has 2 aromatic rings. The van der Waals surface area contributed by atoms with Gasteiger partial charge in [-0.2, -0.15) is 5.10 Å². The number of hydrogen-bond acceptors (Lipinski definition) is 3. The second kappa shape index (κ2) is 6.09. The van der Waals surface area contributed by atoms with E-state index >= 15 is 0 Å². The van der Waals surface area contributed by atoms with Gasteiger partial charge in [0.15, 0.2) is 0 Å². The van der Waals surface area contributed by atoms with Gasteiger partial charge in [0.1, 0.15) is 0 Å². The first-order valence-corrected chi connectivity index (χ1v) is 7.06. The molecular formula is C14H16BrN3O2. The van der Waals surface area contributed by atoms with Crippen molar-refractivity contribution in [3.63, 3.8) is 0 Å². The monoisotopic (exact) mass is 337 g/mol. The Hall–Kier alpha value is -1.82. The van der Waals surface area contributed by atoms with E-state index < -0.39 is 5.97 Å². The van der Waals surface area contributed by atoms with Gasteiger partial charge in [0.25, 0.3) is 0 Å². The summed E-state index contributed by atoms with van der Waals surface area (Å²) in [6, 6.07) is 5.36. The highest BCUT2D eigenvalue weighted by atomic mass is 79.9. The third kappa shape index (κ3) is 3.60. The van der Waals surface area contributed by atoms with Gasteiger partial charge < -0.3 is 10.4 Å². The molecule has 6 heteroatoms. The van der Waals surface area contributed by atoms with Gasteiger partial charge in [-0.05, 0) is 32.0 Å². The highest BCUT2D eigenvalue weighted by molar-refractivity contribution is 9.10. The molecule has 0 atom stereocenters. The first-order chi connectivity index (χ1) is 9.45. The van der Waals surface area contributed by atoms with Crippen LogP contribution in [0.3, 0.4) is 0 Å². The van der Waals surface area contributed by atoms with Crippen molar-refractivity contribution in [2.24, 2.45) is 0 Å². The maximum Gasteiger partial charge on any atom is 0.335 e. The molecule has 2 N–H and O–H groups in total. The van der Waals surface area contributed by atoms with Gasteiger partial charge in [0.2, 0.25) is 0 Å². The lowest BCUT2D eigenvalue weighted by atomic mass is 10.2. The summed E-state index contributed by atoms with van der Waals surface area (Å²) in [5, 5.41) is 16.5. The number of nitrogens with one attached hydrogen (secondary N) is 1. The highest BCUT2D eigenvalue weighted by Gasteiger charge is 2.07. The average Bonchev–Trinajstić information content (AvgIpc) is 2.84. The van der Waals surface area contributed by atoms with Crippen LogP contribution in [-0.4, -0.2) is 20.9 Å². The molecule has 0 saturated heterocycles. The van der Waals surface area contributed by atoms with Crippen LogP contribution in [0.15, 0.2) is 35.1 Å². The normalized spacial score (nSPS) is 10.8. The molecule has 0 radical (unpaired) electrons. The Morgan fingerprint density at radius 1 is 1.45 bits per heavy atom. The summed E-state index contributed by atoms with van der Waals surface area (Å²) >= 11 is 3.31. The van der Waals surface area contributed by atoms with Crippen molar-refractivity contribution in [1.82, 2.24) is 9.78 Å². The van der Waals surface area contributed by atoms with Gasteiger partial charge >= 0.3 is 5.97 Å². The van der Waals surface area contributed by atoms with Gasteiger partial charge in [-0.15, -0.1) is 0 Å². The zero-order valence-electron chi connectivity index (χ0n) is 11.3. The fourth-order valence-electron chi connectivity index (χ4n) is 1.77. The molecule has 1 aromatic carbocycles. The fraction of sp³-hybridized carbons (Fsp3) is 0.286. The van der Waals surface area contributed by atoms with Gasteiger partial charge in [0.05, 0.1) is 11.8 Å². The van der Waals surface area contributed by atoms with E-state index in [0.29, 0.717) is 12.6 Å². The highest BCUT2D eigenvalue weighted by Crippen LogP contribution is 2.20. The summed E-state index contributed by atoms with van der Waals surface area (Å²) in [5.41, 5.74) is 2.06. The number of aromatic nitrogens is 2. The van der Waals surface area contributed by atoms with Crippen LogP contribution in [0, 0.1) is 0 Å². The van der Waals surface area contributed by atoms with Crippen LogP contribution in [0.25, 0.3) is 0 Å². The number of carbonyl (C=O) groups is 1. The maximum absolute atomic E-state index is 11.0. The molecular weight excluding hydrogens is 322 g/mol. The van der Waals surface area contributed by atoms with Gasteiger partial charge in [-0.1, -0.05) is 15.9 Å². The number of benzene rings is 1. The molecule has 0 aliphatic rings. The molecule has 0 bridgehead atoms. The van der Waals surface area contributed by atoms with Crippen molar-refractivity contribution >= 4 is 27.6 Å². The molecule has 2 rings (SSSR count). The molecule has 0 unspecified atom stereocenters. The first-order valence-electron chi connectivity index (χ1n) is 6.26. The molecule has 0 aliphatic carbocycles. The predicted octanol–water partition coefficient (Wildman–Crippen LogP) is 3.54. The Bertz CT molecular complexity index is 623. The van der Waals surface area contributed by atoms with Crippen LogP contribution in [0.5, 0.6) is 0 Å². The molecule has 0 spiro atoms. The molecule has 1 heterocycles. The Balaban J connectivity index is 2.08. The van der Waals surface area contributed by atoms with Crippen LogP contribution in [0.4, 0.5) is 5.69 Å². The minimum absolute atomic E-state index is 0.250. The van der Waals surface area contributed by atoms with E-state index in [4.69, 9.17) is 5.11 Å². The molecule has 5 nitrogen and oxygen atoms in total. The van der Waals surface area contributed by atoms with Gasteiger partial charge in [-0.25, -0.2) is 4.79 Å². The number of aromatic carboxylic acids is 1. The number of carboxylic acid groups (broad SMARTS) is 1. The number of nitrogens with zero attached hydrogens (tertiary/aromatic N) is 2. The van der Waals surface area contributed by atoms with Crippen molar-refractivity contribution < 1.29 is 9.90 Å². The molecule has 20 heavy (non-hydrogen) atoms. The third-order valence-electron chi connectivity index (χ3n) is 2.83. The van der Waals surface area contributed by atoms with Crippen LogP contribution >= 0.6 is 15.9 Å². The zero-order valence-corrected chi connectivity index (χ0v) is 12.9. The lowest BCUT2D eigenvalue weighted by molar-refractivity contribution is 0.0697. The van der Waals surface area contributed by atoms with E-state index in [-0.39, 0.29) is 5.56 Å². The van der Waals surface area contributed by atoms with Crippen molar-refractivity contribution in [3.8, 4) is 0 Å². The number of halogens is 1.